The van der Waals surface area contributed by atoms with E-state index in [1.54, 1.807) is 0 Å². The molecule has 2 aliphatic rings. The smallest absolute Gasteiger partial charge is 0.275 e. The van der Waals surface area contributed by atoms with Crippen LogP contribution in [0.1, 0.15) is 43.0 Å². The van der Waals surface area contributed by atoms with Crippen LogP contribution in [0, 0.1) is 0 Å². The summed E-state index contributed by atoms with van der Waals surface area (Å²) in [6.45, 7) is 4.75. The molecule has 0 aliphatic carbocycles. The highest BCUT2D eigenvalue weighted by atomic mass is 16.6. The molecule has 31 heavy (non-hydrogen) atoms. The fraction of sp³-hybridized carbons (Fsp3) is 0.346. The first-order valence-electron chi connectivity index (χ1n) is 11.2. The van der Waals surface area contributed by atoms with Gasteiger partial charge in [0.1, 0.15) is 19.3 Å². The summed E-state index contributed by atoms with van der Waals surface area (Å²) in [5, 5.41) is 5.63. The van der Waals surface area contributed by atoms with E-state index in [1.807, 2.05) is 18.2 Å². The number of likely N-dealkylation sites (tertiary alicyclic amines) is 1. The van der Waals surface area contributed by atoms with Crippen LogP contribution in [0.4, 0.5) is 0 Å². The van der Waals surface area contributed by atoms with Crippen molar-refractivity contribution in [2.24, 2.45) is 0 Å². The molecule has 3 aromatic rings. The molecule has 2 N–H and O–H groups in total. The molecular weight excluding hydrogens is 388 g/mol. The van der Waals surface area contributed by atoms with Crippen molar-refractivity contribution in [3.05, 3.63) is 71.8 Å². The number of hydrogen-bond donors (Lipinski definition) is 2. The number of benzene rings is 3. The number of amides is 1. The van der Waals surface area contributed by atoms with Crippen LogP contribution in [0.2, 0.25) is 0 Å². The number of nitrogens with one attached hydrogen (secondary N) is 2. The molecule has 0 radical (unpaired) electrons. The van der Waals surface area contributed by atoms with Crippen LogP contribution in [0.15, 0.2) is 60.7 Å². The van der Waals surface area contributed by atoms with Crippen molar-refractivity contribution < 1.29 is 19.2 Å². The van der Waals surface area contributed by atoms with Gasteiger partial charge in [0.05, 0.1) is 12.6 Å². The number of hydrogen-bond acceptors (Lipinski definition) is 3. The third kappa shape index (κ3) is 4.10. The van der Waals surface area contributed by atoms with Crippen LogP contribution in [0.5, 0.6) is 11.5 Å². The maximum Gasteiger partial charge on any atom is 0.275 e. The molecule has 0 bridgehead atoms. The van der Waals surface area contributed by atoms with Crippen molar-refractivity contribution in [1.82, 2.24) is 5.32 Å². The highest BCUT2D eigenvalue weighted by Crippen LogP contribution is 2.33. The Hall–Kier alpha value is -3.05. The first kappa shape index (κ1) is 19.9. The number of carbonyl (C=O) groups is 1. The second-order valence-corrected chi connectivity index (χ2v) is 8.54. The van der Waals surface area contributed by atoms with Crippen molar-refractivity contribution in [3.8, 4) is 11.5 Å². The van der Waals surface area contributed by atoms with Gasteiger partial charge < -0.3 is 19.7 Å². The summed E-state index contributed by atoms with van der Waals surface area (Å²) >= 11 is 0. The summed E-state index contributed by atoms with van der Waals surface area (Å²) in [6.07, 6.45) is 2.21. The Morgan fingerprint density at radius 2 is 1.87 bits per heavy atom. The third-order valence-electron chi connectivity index (χ3n) is 6.51. The molecule has 5 nitrogen and oxygen atoms in total. The predicted octanol–water partition coefficient (Wildman–Crippen LogP) is 3.21. The lowest BCUT2D eigenvalue weighted by Gasteiger charge is -2.24. The van der Waals surface area contributed by atoms with E-state index in [9.17, 15) is 4.79 Å². The van der Waals surface area contributed by atoms with Gasteiger partial charge in [-0.3, -0.25) is 4.79 Å². The summed E-state index contributed by atoms with van der Waals surface area (Å²) in [5.41, 5.74) is 2.39. The highest BCUT2D eigenvalue weighted by molar-refractivity contribution is 5.87. The summed E-state index contributed by atoms with van der Waals surface area (Å²) in [7, 11) is 0. The van der Waals surface area contributed by atoms with E-state index in [4.69, 9.17) is 9.47 Å². The van der Waals surface area contributed by atoms with Crippen molar-refractivity contribution in [2.75, 3.05) is 26.3 Å². The molecule has 2 aliphatic heterocycles. The highest BCUT2D eigenvalue weighted by Gasteiger charge is 2.32. The van der Waals surface area contributed by atoms with Crippen molar-refractivity contribution in [3.63, 3.8) is 0 Å². The molecule has 5 heteroatoms. The monoisotopic (exact) mass is 417 g/mol. The lowest BCUT2D eigenvalue weighted by molar-refractivity contribution is -0.910. The Morgan fingerprint density at radius 3 is 2.77 bits per heavy atom. The lowest BCUT2D eigenvalue weighted by atomic mass is 9.99. The average molecular weight is 418 g/mol. The maximum atomic E-state index is 13.0. The molecule has 0 saturated carbocycles. The number of ether oxygens (including phenoxy) is 2. The zero-order valence-corrected chi connectivity index (χ0v) is 17.9. The lowest BCUT2D eigenvalue weighted by Crippen LogP contribution is -3.11. The van der Waals surface area contributed by atoms with Crippen molar-refractivity contribution in [1.29, 1.82) is 0 Å². The average Bonchev–Trinajstić information content (AvgIpc) is 3.26. The molecule has 3 atom stereocenters. The minimum Gasteiger partial charge on any atom is -0.486 e. The predicted molar refractivity (Wildman–Crippen MR) is 121 cm³/mol. The molecule has 5 rings (SSSR count). The summed E-state index contributed by atoms with van der Waals surface area (Å²) in [4.78, 5) is 14.3. The SMILES string of the molecule is C[C@@H](NC(=O)C[NH+]1CCC[C@@H]1c1ccc2c(c1)OCCO2)c1cccc2ccccc12. The first-order valence-corrected chi connectivity index (χ1v) is 11.2. The Kier molecular flexibility index (Phi) is 5.51. The van der Waals surface area contributed by atoms with E-state index < -0.39 is 0 Å². The Morgan fingerprint density at radius 1 is 1.06 bits per heavy atom. The van der Waals surface area contributed by atoms with Gasteiger partial charge in [-0.15, -0.1) is 0 Å². The van der Waals surface area contributed by atoms with Gasteiger partial charge in [-0.05, 0) is 41.5 Å². The molecule has 1 fully saturated rings. The Bertz CT molecular complexity index is 1090. The van der Waals surface area contributed by atoms with Gasteiger partial charge in [0.15, 0.2) is 18.0 Å². The van der Waals surface area contributed by atoms with Gasteiger partial charge >= 0.3 is 0 Å². The topological polar surface area (TPSA) is 52.0 Å². The Balaban J connectivity index is 1.27. The molecule has 2 heterocycles. The first-order chi connectivity index (χ1) is 15.2. The second-order valence-electron chi connectivity index (χ2n) is 8.54. The molecule has 160 valence electrons. The number of quaternary nitrogens is 1. The van der Waals surface area contributed by atoms with Crippen LogP contribution in [0.25, 0.3) is 10.8 Å². The van der Waals surface area contributed by atoms with E-state index in [1.165, 1.54) is 21.2 Å². The van der Waals surface area contributed by atoms with Gasteiger partial charge in [0.25, 0.3) is 5.91 Å². The van der Waals surface area contributed by atoms with Crippen LogP contribution >= 0.6 is 0 Å². The van der Waals surface area contributed by atoms with Gasteiger partial charge in [0.2, 0.25) is 0 Å². The van der Waals surface area contributed by atoms with E-state index >= 15 is 0 Å². The number of rotatable bonds is 5. The molecule has 1 unspecified atom stereocenters. The minimum atomic E-state index is -0.0339. The van der Waals surface area contributed by atoms with Gasteiger partial charge in [0, 0.05) is 18.4 Å². The molecular formula is C26H29N2O3+. The fourth-order valence-corrected chi connectivity index (χ4v) is 5.01. The van der Waals surface area contributed by atoms with Gasteiger partial charge in [-0.2, -0.15) is 0 Å². The summed E-state index contributed by atoms with van der Waals surface area (Å²) < 4.78 is 11.4. The van der Waals surface area contributed by atoms with Crippen LogP contribution in [-0.2, 0) is 4.79 Å². The molecule has 3 aromatic carbocycles. The zero-order chi connectivity index (χ0) is 21.2. The summed E-state index contributed by atoms with van der Waals surface area (Å²) in [6, 6.07) is 21.1. The zero-order valence-electron chi connectivity index (χ0n) is 17.9. The maximum absolute atomic E-state index is 13.0. The summed E-state index contributed by atoms with van der Waals surface area (Å²) in [5.74, 6) is 1.74. The minimum absolute atomic E-state index is 0.0339. The van der Waals surface area contributed by atoms with E-state index in [0.717, 1.165) is 36.4 Å². The van der Waals surface area contributed by atoms with Gasteiger partial charge in [-0.25, -0.2) is 0 Å². The van der Waals surface area contributed by atoms with E-state index in [-0.39, 0.29) is 11.9 Å². The van der Waals surface area contributed by atoms with Crippen molar-refractivity contribution in [2.45, 2.75) is 31.8 Å². The van der Waals surface area contributed by atoms with E-state index in [0.29, 0.717) is 25.8 Å². The van der Waals surface area contributed by atoms with Crippen LogP contribution in [-0.4, -0.2) is 32.2 Å². The largest absolute Gasteiger partial charge is 0.486 e. The quantitative estimate of drug-likeness (QED) is 0.670. The normalized spacial score (nSPS) is 21.1. The second kappa shape index (κ2) is 8.60. The number of carbonyl (C=O) groups excluding carboxylic acids is 1. The van der Waals surface area contributed by atoms with Gasteiger partial charge in [-0.1, -0.05) is 42.5 Å². The third-order valence-corrected chi connectivity index (χ3v) is 6.51. The van der Waals surface area contributed by atoms with E-state index in [2.05, 4.69) is 54.7 Å². The molecule has 0 aromatic heterocycles. The molecule has 0 spiro atoms. The molecule has 1 saturated heterocycles. The number of fused-ring (bicyclic) bond motifs is 2. The molecule has 1 amide bonds. The van der Waals surface area contributed by atoms with Crippen LogP contribution in [0.3, 0.4) is 0 Å². The van der Waals surface area contributed by atoms with Crippen LogP contribution < -0.4 is 19.7 Å². The Labute approximate surface area is 183 Å². The fourth-order valence-electron chi connectivity index (χ4n) is 5.01. The van der Waals surface area contributed by atoms with Crippen molar-refractivity contribution >= 4 is 16.7 Å². The standard InChI is InChI=1S/C26H28N2O3/c1-18(21-9-4-7-19-6-2-3-8-22(19)21)27-26(29)17-28-13-5-10-23(28)20-11-12-24-25(16-20)31-15-14-30-24/h2-4,6-9,11-12,16,18,23H,5,10,13-15,17H2,1H3,(H,27,29)/p+1/t18-,23-/m1/s1.